The molecule has 0 aliphatic carbocycles. The second-order valence-electron chi connectivity index (χ2n) is 2.55. The molecule has 0 fully saturated rings. The number of hydrogen-bond acceptors (Lipinski definition) is 1. The van der Waals surface area contributed by atoms with Crippen LogP contribution in [0, 0.1) is 0 Å². The van der Waals surface area contributed by atoms with E-state index in [0.29, 0.717) is 5.92 Å². The molecule has 1 nitrogen and oxygen atoms in total. The van der Waals surface area contributed by atoms with Crippen LogP contribution >= 0.6 is 28.6 Å². The highest BCUT2D eigenvalue weighted by molar-refractivity contribution is 8.93. The first-order valence-corrected chi connectivity index (χ1v) is 3.69. The summed E-state index contributed by atoms with van der Waals surface area (Å²) in [5.74, 6) is 0.457. The lowest BCUT2D eigenvalue weighted by Gasteiger charge is -2.02. The minimum atomic E-state index is 0. The van der Waals surface area contributed by atoms with Crippen molar-refractivity contribution in [2.45, 2.75) is 19.8 Å². The summed E-state index contributed by atoms with van der Waals surface area (Å²) in [7, 11) is 0. The van der Waals surface area contributed by atoms with Gasteiger partial charge in [0.15, 0.2) is 0 Å². The van der Waals surface area contributed by atoms with Crippen molar-refractivity contribution in [3.8, 4) is 0 Å². The third kappa shape index (κ3) is 3.21. The molecule has 0 unspecified atom stereocenters. The number of halogens is 2. The SMILES string of the molecule is Br.CC(C)c1cc(Cl)ccn1. The molecule has 0 spiro atoms. The molecule has 0 atom stereocenters. The molecular weight excluding hydrogens is 225 g/mol. The molecule has 0 aliphatic rings. The summed E-state index contributed by atoms with van der Waals surface area (Å²) in [5.41, 5.74) is 1.05. The van der Waals surface area contributed by atoms with E-state index in [1.165, 1.54) is 0 Å². The first-order valence-electron chi connectivity index (χ1n) is 3.31. The molecule has 11 heavy (non-hydrogen) atoms. The molecule has 0 aliphatic heterocycles. The highest BCUT2D eigenvalue weighted by Crippen LogP contribution is 2.15. The Labute approximate surface area is 82.6 Å². The van der Waals surface area contributed by atoms with E-state index in [2.05, 4.69) is 18.8 Å². The van der Waals surface area contributed by atoms with Gasteiger partial charge in [0, 0.05) is 16.9 Å². The number of hydrogen-bond donors (Lipinski definition) is 0. The Morgan fingerprint density at radius 2 is 2.09 bits per heavy atom. The van der Waals surface area contributed by atoms with Gasteiger partial charge in [0.2, 0.25) is 0 Å². The number of nitrogens with zero attached hydrogens (tertiary/aromatic N) is 1. The molecule has 1 aromatic heterocycles. The second-order valence-corrected chi connectivity index (χ2v) is 2.99. The first-order chi connectivity index (χ1) is 4.70. The van der Waals surface area contributed by atoms with E-state index in [1.54, 1.807) is 12.3 Å². The Bertz CT molecular complexity index is 225. The minimum absolute atomic E-state index is 0. The molecule has 0 bridgehead atoms. The van der Waals surface area contributed by atoms with Gasteiger partial charge in [-0.25, -0.2) is 0 Å². The number of pyridine rings is 1. The van der Waals surface area contributed by atoms with E-state index >= 15 is 0 Å². The molecule has 3 heteroatoms. The lowest BCUT2D eigenvalue weighted by Crippen LogP contribution is -1.90. The fraction of sp³-hybridized carbons (Fsp3) is 0.375. The van der Waals surface area contributed by atoms with Gasteiger partial charge in [-0.2, -0.15) is 0 Å². The lowest BCUT2D eigenvalue weighted by atomic mass is 10.1. The predicted octanol–water partition coefficient (Wildman–Crippen LogP) is 3.44. The van der Waals surface area contributed by atoms with Gasteiger partial charge in [-0.15, -0.1) is 17.0 Å². The Morgan fingerprint density at radius 3 is 2.45 bits per heavy atom. The molecule has 62 valence electrons. The molecule has 0 N–H and O–H groups in total. The van der Waals surface area contributed by atoms with Gasteiger partial charge in [0.05, 0.1) is 0 Å². The number of aromatic nitrogens is 1. The van der Waals surface area contributed by atoms with Crippen LogP contribution in [0.15, 0.2) is 18.3 Å². The molecule has 0 saturated heterocycles. The quantitative estimate of drug-likeness (QED) is 0.728. The summed E-state index contributed by atoms with van der Waals surface area (Å²) >= 11 is 5.75. The lowest BCUT2D eigenvalue weighted by molar-refractivity contribution is 0.823. The van der Waals surface area contributed by atoms with Crippen LogP contribution in [-0.2, 0) is 0 Å². The Kier molecular flexibility index (Phi) is 4.69. The molecule has 0 amide bonds. The van der Waals surface area contributed by atoms with E-state index in [1.807, 2.05) is 6.07 Å². The van der Waals surface area contributed by atoms with Crippen LogP contribution in [0.2, 0.25) is 5.02 Å². The van der Waals surface area contributed by atoms with Crippen molar-refractivity contribution in [2.24, 2.45) is 0 Å². The van der Waals surface area contributed by atoms with E-state index in [9.17, 15) is 0 Å². The summed E-state index contributed by atoms with van der Waals surface area (Å²) < 4.78 is 0. The maximum absolute atomic E-state index is 5.75. The summed E-state index contributed by atoms with van der Waals surface area (Å²) in [5, 5.41) is 0.763. The molecule has 0 saturated carbocycles. The van der Waals surface area contributed by atoms with Crippen LogP contribution in [0.5, 0.6) is 0 Å². The van der Waals surface area contributed by atoms with Gasteiger partial charge >= 0.3 is 0 Å². The van der Waals surface area contributed by atoms with Crippen molar-refractivity contribution < 1.29 is 0 Å². The topological polar surface area (TPSA) is 12.9 Å². The zero-order valence-electron chi connectivity index (χ0n) is 6.54. The molecule has 0 aromatic carbocycles. The van der Waals surface area contributed by atoms with Crippen LogP contribution in [0.3, 0.4) is 0 Å². The van der Waals surface area contributed by atoms with Gasteiger partial charge in [-0.05, 0) is 18.1 Å². The molecule has 0 radical (unpaired) electrons. The fourth-order valence-electron chi connectivity index (χ4n) is 0.737. The van der Waals surface area contributed by atoms with Crippen molar-refractivity contribution >= 4 is 28.6 Å². The van der Waals surface area contributed by atoms with E-state index in [0.717, 1.165) is 10.7 Å². The van der Waals surface area contributed by atoms with Crippen LogP contribution in [-0.4, -0.2) is 4.98 Å². The summed E-state index contributed by atoms with van der Waals surface area (Å²) in [6, 6.07) is 3.68. The highest BCUT2D eigenvalue weighted by Gasteiger charge is 1.98. The third-order valence-corrected chi connectivity index (χ3v) is 1.57. The monoisotopic (exact) mass is 235 g/mol. The number of rotatable bonds is 1. The van der Waals surface area contributed by atoms with Crippen LogP contribution in [0.1, 0.15) is 25.5 Å². The van der Waals surface area contributed by atoms with E-state index in [4.69, 9.17) is 11.6 Å². The van der Waals surface area contributed by atoms with Gasteiger partial charge < -0.3 is 0 Å². The van der Waals surface area contributed by atoms with Crippen molar-refractivity contribution in [3.05, 3.63) is 29.0 Å². The summed E-state index contributed by atoms with van der Waals surface area (Å²) in [6.07, 6.45) is 1.73. The normalized spacial score (nSPS) is 9.45. The Hall–Kier alpha value is -0.0800. The van der Waals surface area contributed by atoms with Crippen LogP contribution in [0.25, 0.3) is 0 Å². The second kappa shape index (κ2) is 4.73. The van der Waals surface area contributed by atoms with E-state index in [-0.39, 0.29) is 17.0 Å². The smallest absolute Gasteiger partial charge is 0.0443 e. The minimum Gasteiger partial charge on any atom is -0.261 e. The van der Waals surface area contributed by atoms with Crippen LogP contribution in [0.4, 0.5) is 0 Å². The highest BCUT2D eigenvalue weighted by atomic mass is 79.9. The van der Waals surface area contributed by atoms with E-state index < -0.39 is 0 Å². The largest absolute Gasteiger partial charge is 0.261 e. The summed E-state index contributed by atoms with van der Waals surface area (Å²) in [4.78, 5) is 4.15. The molecular formula is C8H11BrClN. The van der Waals surface area contributed by atoms with Crippen molar-refractivity contribution in [1.82, 2.24) is 4.98 Å². The average Bonchev–Trinajstić information content (AvgIpc) is 1.88. The van der Waals surface area contributed by atoms with Crippen LogP contribution < -0.4 is 0 Å². The first kappa shape index (κ1) is 10.9. The summed E-state index contributed by atoms with van der Waals surface area (Å²) in [6.45, 7) is 4.19. The van der Waals surface area contributed by atoms with Crippen molar-refractivity contribution in [3.63, 3.8) is 0 Å². The zero-order chi connectivity index (χ0) is 7.56. The standard InChI is InChI=1S/C8H10ClN.BrH/c1-6(2)8-5-7(9)3-4-10-8;/h3-6H,1-2H3;1H. The van der Waals surface area contributed by atoms with Gasteiger partial charge in [-0.1, -0.05) is 25.4 Å². The van der Waals surface area contributed by atoms with Gasteiger partial charge in [-0.3, -0.25) is 4.98 Å². The maximum Gasteiger partial charge on any atom is 0.0443 e. The maximum atomic E-state index is 5.75. The molecule has 1 heterocycles. The third-order valence-electron chi connectivity index (χ3n) is 1.33. The zero-order valence-corrected chi connectivity index (χ0v) is 9.01. The Balaban J connectivity index is 0.000001000. The van der Waals surface area contributed by atoms with Gasteiger partial charge in [0.1, 0.15) is 0 Å². The fourth-order valence-corrected chi connectivity index (χ4v) is 0.905. The van der Waals surface area contributed by atoms with Gasteiger partial charge in [0.25, 0.3) is 0 Å². The molecule has 1 rings (SSSR count). The van der Waals surface area contributed by atoms with Crippen molar-refractivity contribution in [2.75, 3.05) is 0 Å². The average molecular weight is 237 g/mol. The molecule has 1 aromatic rings. The Morgan fingerprint density at radius 1 is 1.45 bits per heavy atom. The predicted molar refractivity (Wildman–Crippen MR) is 53.7 cm³/mol. The van der Waals surface area contributed by atoms with Crippen molar-refractivity contribution in [1.29, 1.82) is 0 Å².